The van der Waals surface area contributed by atoms with E-state index in [1.807, 2.05) is 12.3 Å². The number of nitrogens with one attached hydrogen (secondary N) is 3. The van der Waals surface area contributed by atoms with Gasteiger partial charge in [-0.25, -0.2) is 4.98 Å². The van der Waals surface area contributed by atoms with Gasteiger partial charge >= 0.3 is 0 Å². The summed E-state index contributed by atoms with van der Waals surface area (Å²) in [5.41, 5.74) is 2.30. The zero-order valence-electron chi connectivity index (χ0n) is 14.3. The summed E-state index contributed by atoms with van der Waals surface area (Å²) in [7, 11) is 0. The quantitative estimate of drug-likeness (QED) is 0.574. The second kappa shape index (κ2) is 5.03. The Balaban J connectivity index is 1.43. The summed E-state index contributed by atoms with van der Waals surface area (Å²) < 4.78 is 0. The fraction of sp³-hybridized carbons (Fsp3) is 0.556. The van der Waals surface area contributed by atoms with Gasteiger partial charge in [-0.2, -0.15) is 5.21 Å². The Kier molecular flexibility index (Phi) is 2.84. The van der Waals surface area contributed by atoms with Crippen molar-refractivity contribution >= 4 is 16.7 Å². The number of nitrogens with zero attached hydrogens (tertiary/aromatic N) is 4. The predicted octanol–water partition coefficient (Wildman–Crippen LogP) is 2.09. The van der Waals surface area contributed by atoms with Gasteiger partial charge in [-0.1, -0.05) is 0 Å². The van der Waals surface area contributed by atoms with Crippen molar-refractivity contribution in [3.05, 3.63) is 18.5 Å². The lowest BCUT2D eigenvalue weighted by molar-refractivity contribution is -0.129. The van der Waals surface area contributed by atoms with E-state index < -0.39 is 5.60 Å². The first-order valence-corrected chi connectivity index (χ1v) is 9.37. The summed E-state index contributed by atoms with van der Waals surface area (Å²) >= 11 is 0. The van der Waals surface area contributed by atoms with Gasteiger partial charge in [0, 0.05) is 23.8 Å². The number of fused-ring (bicyclic) bond motifs is 1. The molecule has 4 fully saturated rings. The number of tetrazole rings is 1. The molecule has 4 bridgehead atoms. The molecule has 4 N–H and O–H groups in total. The molecule has 4 aliphatic carbocycles. The van der Waals surface area contributed by atoms with Crippen molar-refractivity contribution in [1.82, 2.24) is 30.6 Å². The van der Waals surface area contributed by atoms with Gasteiger partial charge in [0.15, 0.2) is 0 Å². The van der Waals surface area contributed by atoms with Crippen molar-refractivity contribution in [3.63, 3.8) is 0 Å². The Morgan fingerprint density at radius 1 is 1.19 bits per heavy atom. The minimum atomic E-state index is -0.424. The Bertz CT molecular complexity index is 949. The van der Waals surface area contributed by atoms with Crippen molar-refractivity contribution in [2.75, 3.05) is 5.32 Å². The van der Waals surface area contributed by atoms with E-state index in [0.717, 1.165) is 41.5 Å². The lowest BCUT2D eigenvalue weighted by Crippen LogP contribution is -2.59. The van der Waals surface area contributed by atoms with Crippen LogP contribution in [-0.4, -0.2) is 47.3 Å². The molecule has 8 nitrogen and oxygen atoms in total. The molecule has 0 spiro atoms. The molecule has 7 rings (SSSR count). The number of aromatic amines is 2. The molecule has 8 heteroatoms. The number of anilines is 1. The van der Waals surface area contributed by atoms with Gasteiger partial charge < -0.3 is 15.4 Å². The Morgan fingerprint density at radius 3 is 2.77 bits per heavy atom. The highest BCUT2D eigenvalue weighted by molar-refractivity contribution is 5.97. The van der Waals surface area contributed by atoms with Gasteiger partial charge in [-0.15, -0.1) is 10.2 Å². The van der Waals surface area contributed by atoms with Crippen LogP contribution in [-0.2, 0) is 0 Å². The molecule has 3 heterocycles. The first kappa shape index (κ1) is 14.7. The average molecular weight is 351 g/mol. The molecule has 5 atom stereocenters. The van der Waals surface area contributed by atoms with Gasteiger partial charge in [0.05, 0.1) is 16.9 Å². The molecule has 0 radical (unpaired) electrons. The van der Waals surface area contributed by atoms with E-state index in [1.165, 1.54) is 12.8 Å². The van der Waals surface area contributed by atoms with Crippen LogP contribution in [0.25, 0.3) is 22.4 Å². The van der Waals surface area contributed by atoms with E-state index in [9.17, 15) is 5.11 Å². The first-order chi connectivity index (χ1) is 12.7. The van der Waals surface area contributed by atoms with Gasteiger partial charge in [0.25, 0.3) is 0 Å². The van der Waals surface area contributed by atoms with Crippen LogP contribution in [0.1, 0.15) is 32.1 Å². The highest BCUT2D eigenvalue weighted by Gasteiger charge is 2.54. The number of pyridine rings is 1. The standard InChI is InChI=1S/C18H21N7O/c26-18-5-9-3-10(6-18)14(11(4-9)7-18)21-15-12-1-2-19-16(12)20-8-13(15)17-22-24-25-23-17/h1-2,8-11,14,26H,3-7H2,(H2,19,20,21)(H,22,23,24,25)/t9?,10-,11+,14-,18-. The number of aliphatic hydroxyl groups is 1. The first-order valence-electron chi connectivity index (χ1n) is 9.37. The van der Waals surface area contributed by atoms with Crippen LogP contribution in [0.4, 0.5) is 5.69 Å². The summed E-state index contributed by atoms with van der Waals surface area (Å²) in [4.78, 5) is 7.68. The second-order valence-corrected chi connectivity index (χ2v) is 8.39. The monoisotopic (exact) mass is 351 g/mol. The van der Waals surface area contributed by atoms with E-state index in [1.54, 1.807) is 6.20 Å². The van der Waals surface area contributed by atoms with Crippen molar-refractivity contribution < 1.29 is 5.11 Å². The van der Waals surface area contributed by atoms with Crippen molar-refractivity contribution in [2.45, 2.75) is 43.7 Å². The fourth-order valence-corrected chi connectivity index (χ4v) is 5.99. The smallest absolute Gasteiger partial charge is 0.208 e. The molecule has 1 unspecified atom stereocenters. The molecule has 3 aromatic heterocycles. The van der Waals surface area contributed by atoms with E-state index in [0.29, 0.717) is 29.6 Å². The summed E-state index contributed by atoms with van der Waals surface area (Å²) in [6.07, 6.45) is 8.97. The lowest BCUT2D eigenvalue weighted by atomic mass is 9.52. The zero-order chi connectivity index (χ0) is 17.3. The third kappa shape index (κ3) is 2.05. The minimum absolute atomic E-state index is 0.373. The third-order valence-corrected chi connectivity index (χ3v) is 6.72. The highest BCUT2D eigenvalue weighted by atomic mass is 16.3. The summed E-state index contributed by atoms with van der Waals surface area (Å²) in [5.74, 6) is 2.28. The van der Waals surface area contributed by atoms with E-state index in [-0.39, 0.29) is 0 Å². The van der Waals surface area contributed by atoms with Gasteiger partial charge in [0.1, 0.15) is 5.65 Å². The largest absolute Gasteiger partial charge is 0.390 e. The maximum atomic E-state index is 10.9. The second-order valence-electron chi connectivity index (χ2n) is 8.39. The zero-order valence-corrected chi connectivity index (χ0v) is 14.3. The summed E-state index contributed by atoms with van der Waals surface area (Å²) in [6.45, 7) is 0. The molecule has 0 aromatic carbocycles. The number of rotatable bonds is 3. The van der Waals surface area contributed by atoms with Crippen molar-refractivity contribution in [2.24, 2.45) is 17.8 Å². The summed E-state index contributed by atoms with van der Waals surface area (Å²) in [5, 5.41) is 30.3. The third-order valence-electron chi connectivity index (χ3n) is 6.72. The van der Waals surface area contributed by atoms with Crippen LogP contribution < -0.4 is 5.32 Å². The van der Waals surface area contributed by atoms with Gasteiger partial charge in [0.2, 0.25) is 5.82 Å². The maximum absolute atomic E-state index is 10.9. The Labute approximate surface area is 149 Å². The van der Waals surface area contributed by atoms with E-state index >= 15 is 0 Å². The number of aromatic nitrogens is 6. The van der Waals surface area contributed by atoms with Gasteiger partial charge in [-0.3, -0.25) is 0 Å². The fourth-order valence-electron chi connectivity index (χ4n) is 5.99. The van der Waals surface area contributed by atoms with Crippen LogP contribution >= 0.6 is 0 Å². The number of hydrogen-bond donors (Lipinski definition) is 4. The predicted molar refractivity (Wildman–Crippen MR) is 95.2 cm³/mol. The van der Waals surface area contributed by atoms with Crippen molar-refractivity contribution in [1.29, 1.82) is 0 Å². The SMILES string of the molecule is O[C@]12CC3C[C@H](C1)[C@@H](Nc1c(-c4nn[nH]n4)cnc4[nH]ccc14)[C@@H](C3)C2. The van der Waals surface area contributed by atoms with Crippen LogP contribution in [0.15, 0.2) is 18.5 Å². The lowest BCUT2D eigenvalue weighted by Gasteiger charge is -2.58. The molecule has 3 aromatic rings. The molecule has 0 amide bonds. The van der Waals surface area contributed by atoms with E-state index in [2.05, 4.69) is 35.9 Å². The van der Waals surface area contributed by atoms with Crippen LogP contribution in [0.5, 0.6) is 0 Å². The molecule has 0 saturated heterocycles. The van der Waals surface area contributed by atoms with Crippen molar-refractivity contribution in [3.8, 4) is 11.4 Å². The molecule has 134 valence electrons. The van der Waals surface area contributed by atoms with Crippen LogP contribution in [0, 0.1) is 17.8 Å². The molecular weight excluding hydrogens is 330 g/mol. The Morgan fingerprint density at radius 2 is 2.04 bits per heavy atom. The van der Waals surface area contributed by atoms with E-state index in [4.69, 9.17) is 0 Å². The molecule has 4 aliphatic rings. The number of hydrogen-bond acceptors (Lipinski definition) is 6. The summed E-state index contributed by atoms with van der Waals surface area (Å²) in [6, 6.07) is 2.41. The Hall–Kier alpha value is -2.48. The van der Waals surface area contributed by atoms with Gasteiger partial charge in [-0.05, 0) is 61.1 Å². The highest BCUT2D eigenvalue weighted by Crippen LogP contribution is 2.56. The molecule has 0 aliphatic heterocycles. The maximum Gasteiger partial charge on any atom is 0.208 e. The average Bonchev–Trinajstić information content (AvgIpc) is 3.27. The molecular formula is C18H21N7O. The van der Waals surface area contributed by atoms with Crippen LogP contribution in [0.2, 0.25) is 0 Å². The minimum Gasteiger partial charge on any atom is -0.390 e. The normalized spacial score (nSPS) is 35.3. The van der Waals surface area contributed by atoms with Crippen LogP contribution in [0.3, 0.4) is 0 Å². The molecule has 4 saturated carbocycles. The molecule has 26 heavy (non-hydrogen) atoms. The number of H-pyrrole nitrogens is 2. The topological polar surface area (TPSA) is 115 Å².